The Morgan fingerprint density at radius 2 is 0.527 bits per heavy atom. The number of ether oxygens (including phenoxy) is 3. The molecule has 0 fully saturated rings. The lowest BCUT2D eigenvalue weighted by molar-refractivity contribution is -0.167. The fourth-order valence-electron chi connectivity index (χ4n) is 9.17. The lowest BCUT2D eigenvalue weighted by Gasteiger charge is -2.18. The SMILES string of the molecule is CC/C=C\C/C=C\C/C=C\CCCCCCCC(=O)OC(COC(=O)CCCCCCCCCCCCCC/C=C\C/C=C\C/C=C\CCCCCCC)COC(=O)CCCCCCCCCCCCCCCC. The zero-order chi connectivity index (χ0) is 53.6. The second kappa shape index (κ2) is 62.4. The molecular formula is C68H120O6. The molecule has 1 unspecified atom stereocenters. The van der Waals surface area contributed by atoms with Crippen LogP contribution in [0.15, 0.2) is 72.9 Å². The molecule has 0 saturated carbocycles. The minimum absolute atomic E-state index is 0.0798. The fraction of sp³-hybridized carbons (Fsp3) is 0.779. The van der Waals surface area contributed by atoms with Crippen LogP contribution in [0.4, 0.5) is 0 Å². The van der Waals surface area contributed by atoms with Gasteiger partial charge in [0.25, 0.3) is 0 Å². The number of carbonyl (C=O) groups excluding carboxylic acids is 3. The van der Waals surface area contributed by atoms with E-state index in [-0.39, 0.29) is 31.1 Å². The zero-order valence-electron chi connectivity index (χ0n) is 49.1. The molecule has 0 amide bonds. The highest BCUT2D eigenvalue weighted by molar-refractivity contribution is 5.71. The molecule has 0 saturated heterocycles. The van der Waals surface area contributed by atoms with Crippen LogP contribution in [0.3, 0.4) is 0 Å². The topological polar surface area (TPSA) is 78.9 Å². The van der Waals surface area contributed by atoms with Crippen molar-refractivity contribution in [3.8, 4) is 0 Å². The molecule has 0 N–H and O–H groups in total. The molecule has 0 aliphatic heterocycles. The van der Waals surface area contributed by atoms with Crippen molar-refractivity contribution < 1.29 is 28.6 Å². The standard InChI is InChI=1S/C68H120O6/c1-4-7-10-13-16-19-22-25-28-29-30-31-32-33-34-35-36-37-38-39-41-43-46-49-52-55-58-61-67(70)73-64-65(63-72-66(69)60-57-54-51-48-45-42-27-24-21-18-15-12-9-6-3)74-68(71)62-59-56-53-50-47-44-40-26-23-20-17-14-11-8-5-2/h8,11,17,20,22,25-26,29-30,32-33,40,65H,4-7,9-10,12-16,18-19,21,23-24,27-28,31,34-39,41-64H2,1-3H3/b11-8-,20-17-,25-22-,30-29-,33-32-,40-26-. The lowest BCUT2D eigenvalue weighted by atomic mass is 10.0. The molecule has 6 heteroatoms. The summed E-state index contributed by atoms with van der Waals surface area (Å²) in [5, 5.41) is 0. The molecule has 6 nitrogen and oxygen atoms in total. The molecule has 0 heterocycles. The average molecular weight is 1030 g/mol. The average Bonchev–Trinajstić information content (AvgIpc) is 3.40. The largest absolute Gasteiger partial charge is 0.462 e. The Morgan fingerprint density at radius 3 is 0.824 bits per heavy atom. The van der Waals surface area contributed by atoms with E-state index in [0.717, 1.165) is 109 Å². The van der Waals surface area contributed by atoms with Crippen molar-refractivity contribution in [3.63, 3.8) is 0 Å². The molecule has 1 atom stereocenters. The Hall–Kier alpha value is -3.15. The van der Waals surface area contributed by atoms with Crippen molar-refractivity contribution >= 4 is 17.9 Å². The van der Waals surface area contributed by atoms with Crippen LogP contribution in [0, 0.1) is 0 Å². The van der Waals surface area contributed by atoms with Crippen LogP contribution in [0.5, 0.6) is 0 Å². The van der Waals surface area contributed by atoms with Crippen molar-refractivity contribution in [2.45, 2.75) is 329 Å². The minimum atomic E-state index is -0.784. The van der Waals surface area contributed by atoms with Gasteiger partial charge in [0.2, 0.25) is 0 Å². The molecule has 0 aromatic carbocycles. The smallest absolute Gasteiger partial charge is 0.306 e. The first-order valence-corrected chi connectivity index (χ1v) is 31.9. The summed E-state index contributed by atoms with van der Waals surface area (Å²) in [6.45, 7) is 6.54. The van der Waals surface area contributed by atoms with Gasteiger partial charge in [0, 0.05) is 19.3 Å². The Morgan fingerprint density at radius 1 is 0.284 bits per heavy atom. The molecule has 0 spiro atoms. The van der Waals surface area contributed by atoms with Gasteiger partial charge >= 0.3 is 17.9 Å². The maximum Gasteiger partial charge on any atom is 0.306 e. The quantitative estimate of drug-likeness (QED) is 0.0261. The maximum atomic E-state index is 12.9. The summed E-state index contributed by atoms with van der Waals surface area (Å²) in [6.07, 6.45) is 80.5. The molecule has 428 valence electrons. The Balaban J connectivity index is 4.27. The van der Waals surface area contributed by atoms with Gasteiger partial charge in [0.1, 0.15) is 13.2 Å². The van der Waals surface area contributed by atoms with E-state index in [1.807, 2.05) is 0 Å². The van der Waals surface area contributed by atoms with E-state index in [9.17, 15) is 14.4 Å². The summed E-state index contributed by atoms with van der Waals surface area (Å²) in [7, 11) is 0. The molecule has 0 radical (unpaired) electrons. The van der Waals surface area contributed by atoms with Crippen molar-refractivity contribution in [3.05, 3.63) is 72.9 Å². The number of unbranched alkanes of at least 4 members (excludes halogenated alkanes) is 35. The Bertz CT molecular complexity index is 1370. The summed E-state index contributed by atoms with van der Waals surface area (Å²) in [4.78, 5) is 38.3. The van der Waals surface area contributed by atoms with Gasteiger partial charge in [-0.1, -0.05) is 286 Å². The van der Waals surface area contributed by atoms with E-state index in [1.54, 1.807) is 0 Å². The molecular weight excluding hydrogens is 913 g/mol. The summed E-state index contributed by atoms with van der Waals surface area (Å²) in [5.41, 5.74) is 0. The van der Waals surface area contributed by atoms with Crippen molar-refractivity contribution in [1.29, 1.82) is 0 Å². The normalized spacial score (nSPS) is 12.5. The zero-order valence-corrected chi connectivity index (χ0v) is 49.1. The second-order valence-corrected chi connectivity index (χ2v) is 21.3. The van der Waals surface area contributed by atoms with E-state index in [0.29, 0.717) is 19.3 Å². The molecule has 0 aliphatic carbocycles. The summed E-state index contributed by atoms with van der Waals surface area (Å²) in [5.74, 6) is -0.884. The van der Waals surface area contributed by atoms with Gasteiger partial charge in [0.15, 0.2) is 6.10 Å². The van der Waals surface area contributed by atoms with Crippen LogP contribution in [0.1, 0.15) is 323 Å². The van der Waals surface area contributed by atoms with E-state index >= 15 is 0 Å². The van der Waals surface area contributed by atoms with Crippen LogP contribution in [-0.2, 0) is 28.6 Å². The predicted molar refractivity (Wildman–Crippen MR) is 321 cm³/mol. The maximum absolute atomic E-state index is 12.9. The molecule has 0 aliphatic rings. The van der Waals surface area contributed by atoms with Gasteiger partial charge < -0.3 is 14.2 Å². The molecule has 0 aromatic rings. The first-order valence-electron chi connectivity index (χ1n) is 31.9. The molecule has 0 bridgehead atoms. The number of allylic oxidation sites excluding steroid dienone is 12. The van der Waals surface area contributed by atoms with Gasteiger partial charge in [-0.05, 0) is 89.9 Å². The third-order valence-corrected chi connectivity index (χ3v) is 13.9. The Kier molecular flexibility index (Phi) is 59.7. The molecule has 0 rings (SSSR count). The first-order chi connectivity index (χ1) is 36.5. The number of hydrogen-bond acceptors (Lipinski definition) is 6. The van der Waals surface area contributed by atoms with E-state index in [1.165, 1.54) is 173 Å². The van der Waals surface area contributed by atoms with Crippen LogP contribution in [0.25, 0.3) is 0 Å². The summed E-state index contributed by atoms with van der Waals surface area (Å²) >= 11 is 0. The van der Waals surface area contributed by atoms with Crippen LogP contribution in [-0.4, -0.2) is 37.2 Å². The number of rotatable bonds is 58. The highest BCUT2D eigenvalue weighted by atomic mass is 16.6. The third-order valence-electron chi connectivity index (χ3n) is 13.9. The van der Waals surface area contributed by atoms with Gasteiger partial charge in [-0.15, -0.1) is 0 Å². The predicted octanol–water partition coefficient (Wildman–Crippen LogP) is 21.7. The number of hydrogen-bond donors (Lipinski definition) is 0. The molecule has 0 aromatic heterocycles. The van der Waals surface area contributed by atoms with Crippen molar-refractivity contribution in [2.75, 3.05) is 13.2 Å². The van der Waals surface area contributed by atoms with E-state index in [4.69, 9.17) is 14.2 Å². The lowest BCUT2D eigenvalue weighted by Crippen LogP contribution is -2.30. The van der Waals surface area contributed by atoms with Gasteiger partial charge in [-0.3, -0.25) is 14.4 Å². The van der Waals surface area contributed by atoms with E-state index in [2.05, 4.69) is 93.7 Å². The Labute approximate surface area is 459 Å². The van der Waals surface area contributed by atoms with Crippen LogP contribution in [0.2, 0.25) is 0 Å². The monoisotopic (exact) mass is 1030 g/mol. The highest BCUT2D eigenvalue weighted by Gasteiger charge is 2.19. The minimum Gasteiger partial charge on any atom is -0.462 e. The molecule has 74 heavy (non-hydrogen) atoms. The first kappa shape index (κ1) is 70.8. The van der Waals surface area contributed by atoms with Crippen LogP contribution < -0.4 is 0 Å². The van der Waals surface area contributed by atoms with Crippen molar-refractivity contribution in [1.82, 2.24) is 0 Å². The highest BCUT2D eigenvalue weighted by Crippen LogP contribution is 2.17. The fourth-order valence-corrected chi connectivity index (χ4v) is 9.17. The third kappa shape index (κ3) is 59.7. The number of esters is 3. The summed E-state index contributed by atoms with van der Waals surface area (Å²) in [6, 6.07) is 0. The van der Waals surface area contributed by atoms with Gasteiger partial charge in [-0.2, -0.15) is 0 Å². The van der Waals surface area contributed by atoms with Crippen LogP contribution >= 0.6 is 0 Å². The van der Waals surface area contributed by atoms with Gasteiger partial charge in [-0.25, -0.2) is 0 Å². The summed E-state index contributed by atoms with van der Waals surface area (Å²) < 4.78 is 16.9. The van der Waals surface area contributed by atoms with E-state index < -0.39 is 6.10 Å². The van der Waals surface area contributed by atoms with Crippen molar-refractivity contribution in [2.24, 2.45) is 0 Å². The second-order valence-electron chi connectivity index (χ2n) is 21.3. The van der Waals surface area contributed by atoms with Gasteiger partial charge in [0.05, 0.1) is 0 Å². The number of carbonyl (C=O) groups is 3.